The molecule has 1 rings (SSSR count). The molecule has 1 aliphatic rings. The fourth-order valence-electron chi connectivity index (χ4n) is 1.25. The Labute approximate surface area is 63.2 Å². The molecule has 0 aromatic heterocycles. The van der Waals surface area contributed by atoms with Gasteiger partial charge in [0.05, 0.1) is 0 Å². The Morgan fingerprint density at radius 2 is 2.20 bits per heavy atom. The predicted molar refractivity (Wildman–Crippen MR) is 43.9 cm³/mol. The van der Waals surface area contributed by atoms with Crippen LogP contribution in [0.3, 0.4) is 0 Å². The highest BCUT2D eigenvalue weighted by molar-refractivity contribution is 4.98. The predicted octanol–water partition coefficient (Wildman–Crippen LogP) is 0.866. The summed E-state index contributed by atoms with van der Waals surface area (Å²) in [5.74, 6) is 0. The average Bonchev–Trinajstić information content (AvgIpc) is 2.48. The Morgan fingerprint density at radius 3 is 2.60 bits per heavy atom. The van der Waals surface area contributed by atoms with Crippen LogP contribution >= 0.6 is 0 Å². The Morgan fingerprint density at radius 1 is 1.60 bits per heavy atom. The zero-order chi connectivity index (χ0) is 7.61. The zero-order valence-corrected chi connectivity index (χ0v) is 6.98. The molecule has 60 valence electrons. The summed E-state index contributed by atoms with van der Waals surface area (Å²) < 4.78 is 0. The first-order valence-electron chi connectivity index (χ1n) is 4.14. The Kier molecular flexibility index (Phi) is 2.32. The summed E-state index contributed by atoms with van der Waals surface area (Å²) in [4.78, 5) is 0. The van der Waals surface area contributed by atoms with E-state index < -0.39 is 0 Å². The molecule has 0 unspecified atom stereocenters. The summed E-state index contributed by atoms with van der Waals surface area (Å²) >= 11 is 0. The van der Waals surface area contributed by atoms with Gasteiger partial charge in [0.15, 0.2) is 0 Å². The van der Waals surface area contributed by atoms with Crippen molar-refractivity contribution in [3.63, 3.8) is 0 Å². The quantitative estimate of drug-likeness (QED) is 0.611. The second-order valence-corrected chi connectivity index (χ2v) is 3.68. The van der Waals surface area contributed by atoms with Crippen LogP contribution in [0.4, 0.5) is 0 Å². The molecule has 0 saturated heterocycles. The lowest BCUT2D eigenvalue weighted by Gasteiger charge is -2.17. The van der Waals surface area contributed by atoms with E-state index in [2.05, 4.69) is 19.2 Å². The Hall–Kier alpha value is -0.0800. The molecule has 1 aliphatic carbocycles. The van der Waals surface area contributed by atoms with Gasteiger partial charge in [0.1, 0.15) is 0 Å². The van der Waals surface area contributed by atoms with Gasteiger partial charge in [-0.1, -0.05) is 0 Å². The van der Waals surface area contributed by atoms with Gasteiger partial charge in [-0.05, 0) is 39.7 Å². The molecule has 0 aliphatic heterocycles. The van der Waals surface area contributed by atoms with Gasteiger partial charge in [-0.15, -0.1) is 0 Å². The standard InChI is InChI=1S/C8H18N2/c1-7(3-6-9)10-8(2)4-5-8/h7,10H,3-6,9H2,1-2H3/t7-/m1/s1. The van der Waals surface area contributed by atoms with Crippen molar-refractivity contribution >= 4 is 0 Å². The van der Waals surface area contributed by atoms with Crippen molar-refractivity contribution in [1.82, 2.24) is 5.32 Å². The summed E-state index contributed by atoms with van der Waals surface area (Å²) in [6, 6.07) is 0.595. The van der Waals surface area contributed by atoms with Gasteiger partial charge >= 0.3 is 0 Å². The molecule has 1 atom stereocenters. The van der Waals surface area contributed by atoms with Gasteiger partial charge in [0.2, 0.25) is 0 Å². The molecule has 10 heavy (non-hydrogen) atoms. The van der Waals surface area contributed by atoms with Gasteiger partial charge < -0.3 is 11.1 Å². The highest BCUT2D eigenvalue weighted by Gasteiger charge is 2.37. The molecule has 0 radical (unpaired) electrons. The van der Waals surface area contributed by atoms with E-state index in [1.54, 1.807) is 0 Å². The zero-order valence-electron chi connectivity index (χ0n) is 6.98. The molecule has 0 bridgehead atoms. The SMILES string of the molecule is C[C@H](CCN)NC1(C)CC1. The van der Waals surface area contributed by atoms with Crippen LogP contribution < -0.4 is 11.1 Å². The van der Waals surface area contributed by atoms with E-state index in [1.165, 1.54) is 12.8 Å². The van der Waals surface area contributed by atoms with Crippen molar-refractivity contribution in [3.05, 3.63) is 0 Å². The van der Waals surface area contributed by atoms with Crippen molar-refractivity contribution in [1.29, 1.82) is 0 Å². The summed E-state index contributed by atoms with van der Waals surface area (Å²) in [5, 5.41) is 3.55. The number of nitrogens with two attached hydrogens (primary N) is 1. The van der Waals surface area contributed by atoms with Crippen LogP contribution in [0.2, 0.25) is 0 Å². The molecule has 0 aromatic carbocycles. The van der Waals surface area contributed by atoms with Crippen LogP contribution in [0.5, 0.6) is 0 Å². The van der Waals surface area contributed by atoms with Crippen LogP contribution in [0.25, 0.3) is 0 Å². The second-order valence-electron chi connectivity index (χ2n) is 3.68. The maximum Gasteiger partial charge on any atom is 0.0157 e. The maximum atomic E-state index is 5.43. The van der Waals surface area contributed by atoms with Gasteiger partial charge in [0, 0.05) is 11.6 Å². The molecule has 3 N–H and O–H groups in total. The Balaban J connectivity index is 2.11. The van der Waals surface area contributed by atoms with E-state index in [-0.39, 0.29) is 0 Å². The lowest BCUT2D eigenvalue weighted by Crippen LogP contribution is -2.37. The third-order valence-electron chi connectivity index (χ3n) is 2.19. The second kappa shape index (κ2) is 2.89. The third kappa shape index (κ3) is 2.27. The van der Waals surface area contributed by atoms with Crippen LogP contribution in [-0.2, 0) is 0 Å². The van der Waals surface area contributed by atoms with E-state index in [0.29, 0.717) is 11.6 Å². The topological polar surface area (TPSA) is 38.0 Å². The molecule has 1 fully saturated rings. The van der Waals surface area contributed by atoms with Crippen LogP contribution in [0.1, 0.15) is 33.1 Å². The normalized spacial score (nSPS) is 24.3. The number of nitrogens with one attached hydrogen (secondary N) is 1. The molecule has 2 nitrogen and oxygen atoms in total. The smallest absolute Gasteiger partial charge is 0.0157 e. The minimum Gasteiger partial charge on any atom is -0.330 e. The third-order valence-corrected chi connectivity index (χ3v) is 2.19. The molecule has 1 saturated carbocycles. The molecule has 0 spiro atoms. The van der Waals surface area contributed by atoms with Gasteiger partial charge in [-0.3, -0.25) is 0 Å². The molecule has 0 amide bonds. The summed E-state index contributed by atoms with van der Waals surface area (Å²) in [6.07, 6.45) is 3.76. The molecular formula is C8H18N2. The average molecular weight is 142 g/mol. The van der Waals surface area contributed by atoms with E-state index >= 15 is 0 Å². The minimum absolute atomic E-state index is 0.467. The van der Waals surface area contributed by atoms with Crippen molar-refractivity contribution < 1.29 is 0 Å². The van der Waals surface area contributed by atoms with E-state index in [4.69, 9.17) is 5.73 Å². The van der Waals surface area contributed by atoms with Gasteiger partial charge in [-0.25, -0.2) is 0 Å². The lowest BCUT2D eigenvalue weighted by molar-refractivity contribution is 0.438. The van der Waals surface area contributed by atoms with Crippen molar-refractivity contribution in [2.75, 3.05) is 6.54 Å². The number of hydrogen-bond acceptors (Lipinski definition) is 2. The van der Waals surface area contributed by atoms with Crippen molar-refractivity contribution in [2.45, 2.75) is 44.7 Å². The van der Waals surface area contributed by atoms with Crippen molar-refractivity contribution in [2.24, 2.45) is 5.73 Å². The first-order valence-corrected chi connectivity index (χ1v) is 4.14. The maximum absolute atomic E-state index is 5.43. The van der Waals surface area contributed by atoms with E-state index in [0.717, 1.165) is 13.0 Å². The summed E-state index contributed by atoms with van der Waals surface area (Å²) in [7, 11) is 0. The lowest BCUT2D eigenvalue weighted by atomic mass is 10.2. The first-order chi connectivity index (χ1) is 4.66. The summed E-state index contributed by atoms with van der Waals surface area (Å²) in [5.41, 5.74) is 5.90. The monoisotopic (exact) mass is 142 g/mol. The van der Waals surface area contributed by atoms with E-state index in [1.807, 2.05) is 0 Å². The molecule has 0 heterocycles. The Bertz CT molecular complexity index is 108. The minimum atomic E-state index is 0.467. The van der Waals surface area contributed by atoms with Crippen LogP contribution in [-0.4, -0.2) is 18.1 Å². The van der Waals surface area contributed by atoms with Gasteiger partial charge in [-0.2, -0.15) is 0 Å². The highest BCUT2D eigenvalue weighted by atomic mass is 15.0. The van der Waals surface area contributed by atoms with E-state index in [9.17, 15) is 0 Å². The highest BCUT2D eigenvalue weighted by Crippen LogP contribution is 2.34. The number of rotatable bonds is 4. The fourth-order valence-corrected chi connectivity index (χ4v) is 1.25. The summed E-state index contributed by atoms with van der Waals surface area (Å²) in [6.45, 7) is 5.28. The van der Waals surface area contributed by atoms with Gasteiger partial charge in [0.25, 0.3) is 0 Å². The van der Waals surface area contributed by atoms with Crippen LogP contribution in [0.15, 0.2) is 0 Å². The molecular weight excluding hydrogens is 124 g/mol. The number of hydrogen-bond donors (Lipinski definition) is 2. The fraction of sp³-hybridized carbons (Fsp3) is 1.00. The molecule has 2 heteroatoms. The first kappa shape index (κ1) is 8.02. The van der Waals surface area contributed by atoms with Crippen LogP contribution in [0, 0.1) is 0 Å². The molecule has 0 aromatic rings. The van der Waals surface area contributed by atoms with Crippen molar-refractivity contribution in [3.8, 4) is 0 Å². The largest absolute Gasteiger partial charge is 0.330 e.